The lowest BCUT2D eigenvalue weighted by molar-refractivity contribution is -0.129. The van der Waals surface area contributed by atoms with E-state index in [1.165, 1.54) is 11.2 Å². The number of sulfonamides is 1. The molecule has 2 N–H and O–H groups in total. The Morgan fingerprint density at radius 3 is 2.45 bits per heavy atom. The van der Waals surface area contributed by atoms with Crippen LogP contribution in [0.5, 0.6) is 0 Å². The van der Waals surface area contributed by atoms with Crippen LogP contribution in [0, 0.1) is 0 Å². The molecule has 1 aliphatic heterocycles. The molecule has 2 rings (SSSR count). The van der Waals surface area contributed by atoms with Gasteiger partial charge in [-0.1, -0.05) is 12.1 Å². The van der Waals surface area contributed by atoms with Crippen molar-refractivity contribution in [3.63, 3.8) is 0 Å². The highest BCUT2D eigenvalue weighted by atomic mass is 32.2. The number of amides is 1. The first-order chi connectivity index (χ1) is 9.45. The zero-order chi connectivity index (χ0) is 14.8. The Morgan fingerprint density at radius 2 is 1.90 bits per heavy atom. The summed E-state index contributed by atoms with van der Waals surface area (Å²) in [5.74, 6) is -0.0211. The van der Waals surface area contributed by atoms with E-state index in [9.17, 15) is 13.2 Å². The summed E-state index contributed by atoms with van der Waals surface area (Å²) in [4.78, 5) is 13.2. The molecular formula is C13H19N3O3S. The van der Waals surface area contributed by atoms with Gasteiger partial charge in [-0.25, -0.2) is 8.42 Å². The molecule has 20 heavy (non-hydrogen) atoms. The number of rotatable bonds is 3. The second-order valence-electron chi connectivity index (χ2n) is 4.76. The number of hydrogen-bond donors (Lipinski definition) is 1. The van der Waals surface area contributed by atoms with Crippen molar-refractivity contribution in [2.45, 2.75) is 18.4 Å². The summed E-state index contributed by atoms with van der Waals surface area (Å²) >= 11 is 0. The van der Waals surface area contributed by atoms with Crippen LogP contribution in [-0.2, 0) is 21.4 Å². The average molecular weight is 297 g/mol. The zero-order valence-electron chi connectivity index (χ0n) is 11.4. The van der Waals surface area contributed by atoms with Gasteiger partial charge in [-0.2, -0.15) is 4.31 Å². The average Bonchev–Trinajstić information content (AvgIpc) is 2.47. The molecule has 1 saturated heterocycles. The van der Waals surface area contributed by atoms with Gasteiger partial charge in [0.1, 0.15) is 0 Å². The van der Waals surface area contributed by atoms with E-state index < -0.39 is 10.0 Å². The topological polar surface area (TPSA) is 83.7 Å². The third kappa shape index (κ3) is 3.00. The Morgan fingerprint density at radius 1 is 1.25 bits per heavy atom. The molecule has 110 valence electrons. The minimum atomic E-state index is -3.50. The van der Waals surface area contributed by atoms with Gasteiger partial charge in [0.05, 0.1) is 4.90 Å². The lowest BCUT2D eigenvalue weighted by Gasteiger charge is -2.33. The highest BCUT2D eigenvalue weighted by Crippen LogP contribution is 2.18. The summed E-state index contributed by atoms with van der Waals surface area (Å²) < 4.78 is 26.4. The quantitative estimate of drug-likeness (QED) is 0.851. The molecule has 0 unspecified atom stereocenters. The standard InChI is InChI=1S/C13H19N3O3S/c1-11(17)15-5-7-16(8-6-15)20(18,19)13-4-2-3-12(9-13)10-14/h2-4,9H,5-8,10,14H2,1H3. The fraction of sp³-hybridized carbons (Fsp3) is 0.462. The van der Waals surface area contributed by atoms with Gasteiger partial charge < -0.3 is 10.6 Å². The largest absolute Gasteiger partial charge is 0.340 e. The molecule has 0 saturated carbocycles. The number of nitrogens with zero attached hydrogens (tertiary/aromatic N) is 2. The van der Waals surface area contributed by atoms with E-state index in [0.717, 1.165) is 5.56 Å². The first-order valence-electron chi connectivity index (χ1n) is 6.50. The Hall–Kier alpha value is -1.44. The van der Waals surface area contributed by atoms with Crippen LogP contribution in [0.25, 0.3) is 0 Å². The summed E-state index contributed by atoms with van der Waals surface area (Å²) in [5, 5.41) is 0. The lowest BCUT2D eigenvalue weighted by Crippen LogP contribution is -2.49. The fourth-order valence-corrected chi connectivity index (χ4v) is 3.72. The second-order valence-corrected chi connectivity index (χ2v) is 6.70. The molecule has 1 aromatic rings. The summed E-state index contributed by atoms with van der Waals surface area (Å²) in [6.45, 7) is 3.33. The number of hydrogen-bond acceptors (Lipinski definition) is 4. The van der Waals surface area contributed by atoms with E-state index in [1.807, 2.05) is 0 Å². The van der Waals surface area contributed by atoms with Crippen molar-refractivity contribution in [1.29, 1.82) is 0 Å². The van der Waals surface area contributed by atoms with Gasteiger partial charge in [0.25, 0.3) is 0 Å². The van der Waals surface area contributed by atoms with Gasteiger partial charge in [0.15, 0.2) is 0 Å². The second kappa shape index (κ2) is 5.90. The van der Waals surface area contributed by atoms with E-state index in [1.54, 1.807) is 29.2 Å². The number of carbonyl (C=O) groups excluding carboxylic acids is 1. The SMILES string of the molecule is CC(=O)N1CCN(S(=O)(=O)c2cccc(CN)c2)CC1. The van der Waals surface area contributed by atoms with Crippen molar-refractivity contribution < 1.29 is 13.2 Å². The number of piperazine rings is 1. The predicted octanol–water partition coefficient (Wildman–Crippen LogP) is -0.00190. The molecule has 1 aromatic carbocycles. The lowest BCUT2D eigenvalue weighted by atomic mass is 10.2. The molecule has 0 atom stereocenters. The Bertz CT molecular complexity index is 593. The summed E-state index contributed by atoms with van der Waals surface area (Å²) in [7, 11) is -3.50. The molecule has 1 aliphatic rings. The highest BCUT2D eigenvalue weighted by Gasteiger charge is 2.29. The van der Waals surface area contributed by atoms with Gasteiger partial charge in [0.2, 0.25) is 15.9 Å². The minimum absolute atomic E-state index is 0.0211. The molecule has 1 fully saturated rings. The maximum absolute atomic E-state index is 12.5. The predicted molar refractivity (Wildman–Crippen MR) is 75.3 cm³/mol. The summed E-state index contributed by atoms with van der Waals surface area (Å²) in [6.07, 6.45) is 0. The molecule has 6 nitrogen and oxygen atoms in total. The van der Waals surface area contributed by atoms with Crippen LogP contribution in [0.4, 0.5) is 0 Å². The third-order valence-corrected chi connectivity index (χ3v) is 5.35. The number of carbonyl (C=O) groups is 1. The first kappa shape index (κ1) is 15.0. The van der Waals surface area contributed by atoms with Crippen LogP contribution in [0.15, 0.2) is 29.2 Å². The normalized spacial score (nSPS) is 17.2. The van der Waals surface area contributed by atoms with Gasteiger partial charge in [0, 0.05) is 39.6 Å². The molecule has 0 bridgehead atoms. The third-order valence-electron chi connectivity index (χ3n) is 3.46. The van der Waals surface area contributed by atoms with Crippen molar-refractivity contribution in [3.8, 4) is 0 Å². The van der Waals surface area contributed by atoms with E-state index in [0.29, 0.717) is 32.7 Å². The molecule has 1 amide bonds. The van der Waals surface area contributed by atoms with Gasteiger partial charge >= 0.3 is 0 Å². The van der Waals surface area contributed by atoms with E-state index in [2.05, 4.69) is 0 Å². The van der Waals surface area contributed by atoms with Crippen LogP contribution in [0.1, 0.15) is 12.5 Å². The van der Waals surface area contributed by atoms with Crippen LogP contribution in [0.2, 0.25) is 0 Å². The van der Waals surface area contributed by atoms with Crippen molar-refractivity contribution >= 4 is 15.9 Å². The van der Waals surface area contributed by atoms with Crippen molar-refractivity contribution in [2.75, 3.05) is 26.2 Å². The molecule has 0 aromatic heterocycles. The molecule has 0 spiro atoms. The molecule has 7 heteroatoms. The van der Waals surface area contributed by atoms with E-state index in [-0.39, 0.29) is 10.8 Å². The Balaban J connectivity index is 2.17. The summed E-state index contributed by atoms with van der Waals surface area (Å²) in [5.41, 5.74) is 6.32. The number of benzene rings is 1. The van der Waals surface area contributed by atoms with Crippen LogP contribution < -0.4 is 5.73 Å². The Kier molecular flexibility index (Phi) is 4.42. The fourth-order valence-electron chi connectivity index (χ4n) is 2.23. The minimum Gasteiger partial charge on any atom is -0.340 e. The van der Waals surface area contributed by atoms with Crippen LogP contribution in [0.3, 0.4) is 0 Å². The van der Waals surface area contributed by atoms with Crippen LogP contribution >= 0.6 is 0 Å². The first-order valence-corrected chi connectivity index (χ1v) is 7.94. The Labute approximate surface area is 119 Å². The zero-order valence-corrected chi connectivity index (χ0v) is 12.3. The van der Waals surface area contributed by atoms with E-state index >= 15 is 0 Å². The van der Waals surface area contributed by atoms with E-state index in [4.69, 9.17) is 5.73 Å². The van der Waals surface area contributed by atoms with Crippen LogP contribution in [-0.4, -0.2) is 49.7 Å². The van der Waals surface area contributed by atoms with Gasteiger partial charge in [-0.05, 0) is 17.7 Å². The highest BCUT2D eigenvalue weighted by molar-refractivity contribution is 7.89. The molecule has 0 aliphatic carbocycles. The maximum atomic E-state index is 12.5. The molecule has 1 heterocycles. The maximum Gasteiger partial charge on any atom is 0.243 e. The monoisotopic (exact) mass is 297 g/mol. The van der Waals surface area contributed by atoms with Gasteiger partial charge in [-0.3, -0.25) is 4.79 Å². The smallest absolute Gasteiger partial charge is 0.243 e. The van der Waals surface area contributed by atoms with Gasteiger partial charge in [-0.15, -0.1) is 0 Å². The van der Waals surface area contributed by atoms with Crippen molar-refractivity contribution in [1.82, 2.24) is 9.21 Å². The number of nitrogens with two attached hydrogens (primary N) is 1. The van der Waals surface area contributed by atoms with Crippen molar-refractivity contribution in [3.05, 3.63) is 29.8 Å². The molecule has 0 radical (unpaired) electrons. The van der Waals surface area contributed by atoms with Crippen molar-refractivity contribution in [2.24, 2.45) is 5.73 Å². The molecular weight excluding hydrogens is 278 g/mol. The summed E-state index contributed by atoms with van der Waals surface area (Å²) in [6, 6.07) is 6.67.